The van der Waals surface area contributed by atoms with Gasteiger partial charge in [0.2, 0.25) is 0 Å². The third kappa shape index (κ3) is 6.79. The van der Waals surface area contributed by atoms with Crippen molar-refractivity contribution in [3.63, 3.8) is 0 Å². The maximum atomic E-state index is 14.7. The van der Waals surface area contributed by atoms with Crippen LogP contribution in [0.5, 0.6) is 17.2 Å². The van der Waals surface area contributed by atoms with E-state index in [9.17, 15) is 9.50 Å². The van der Waals surface area contributed by atoms with Crippen LogP contribution in [-0.4, -0.2) is 38.0 Å². The van der Waals surface area contributed by atoms with Gasteiger partial charge < -0.3 is 25.2 Å². The predicted molar refractivity (Wildman–Crippen MR) is 150 cm³/mol. The highest BCUT2D eigenvalue weighted by atomic mass is 19.1. The number of benzene rings is 3. The van der Waals surface area contributed by atoms with Crippen LogP contribution in [0.1, 0.15) is 54.4 Å². The molecule has 0 radical (unpaired) electrons. The van der Waals surface area contributed by atoms with Gasteiger partial charge in [-0.05, 0) is 116 Å². The lowest BCUT2D eigenvalue weighted by Gasteiger charge is -2.28. The second-order valence-electron chi connectivity index (χ2n) is 10.9. The SMILES string of the molecule is COc1ccc(C2CCc3cc(O)ccc3C2)c(NC(C)Cc2ccc(OCCNCC3CC3)c(F)c2)c1. The van der Waals surface area contributed by atoms with Gasteiger partial charge in [-0.3, -0.25) is 0 Å². The van der Waals surface area contributed by atoms with Gasteiger partial charge in [0.15, 0.2) is 11.6 Å². The number of ether oxygens (including phenoxy) is 2. The third-order valence-electron chi connectivity index (χ3n) is 7.73. The Hall–Kier alpha value is -3.25. The Bertz CT molecular complexity index is 1240. The Morgan fingerprint density at radius 1 is 1.03 bits per heavy atom. The van der Waals surface area contributed by atoms with Crippen LogP contribution in [-0.2, 0) is 19.3 Å². The number of hydrogen-bond donors (Lipinski definition) is 3. The maximum Gasteiger partial charge on any atom is 0.165 e. The number of anilines is 1. The predicted octanol–water partition coefficient (Wildman–Crippen LogP) is 6.23. The zero-order chi connectivity index (χ0) is 26.5. The minimum atomic E-state index is -0.314. The van der Waals surface area contributed by atoms with E-state index in [0.717, 1.165) is 55.3 Å². The monoisotopic (exact) mass is 518 g/mol. The molecular formula is C32H39FN2O3. The van der Waals surface area contributed by atoms with Gasteiger partial charge in [0.1, 0.15) is 18.1 Å². The molecule has 5 rings (SSSR count). The molecule has 38 heavy (non-hydrogen) atoms. The van der Waals surface area contributed by atoms with Crippen molar-refractivity contribution >= 4 is 5.69 Å². The fourth-order valence-electron chi connectivity index (χ4n) is 5.47. The van der Waals surface area contributed by atoms with Gasteiger partial charge in [-0.2, -0.15) is 0 Å². The molecule has 2 atom stereocenters. The molecule has 0 aliphatic heterocycles. The highest BCUT2D eigenvalue weighted by Gasteiger charge is 2.24. The Kier molecular flexibility index (Phi) is 8.38. The quantitative estimate of drug-likeness (QED) is 0.248. The molecule has 2 aliphatic rings. The molecule has 0 amide bonds. The largest absolute Gasteiger partial charge is 0.508 e. The number of methoxy groups -OCH3 is 1. The van der Waals surface area contributed by atoms with E-state index in [1.54, 1.807) is 25.3 Å². The van der Waals surface area contributed by atoms with Gasteiger partial charge in [-0.25, -0.2) is 4.39 Å². The van der Waals surface area contributed by atoms with E-state index in [1.807, 2.05) is 24.3 Å². The summed E-state index contributed by atoms with van der Waals surface area (Å²) in [5, 5.41) is 16.9. The fraction of sp³-hybridized carbons (Fsp3) is 0.438. The molecule has 2 unspecified atom stereocenters. The minimum Gasteiger partial charge on any atom is -0.508 e. The summed E-state index contributed by atoms with van der Waals surface area (Å²) in [6, 6.07) is 17.3. The molecule has 5 nitrogen and oxygen atoms in total. The highest BCUT2D eigenvalue weighted by molar-refractivity contribution is 5.58. The average molecular weight is 519 g/mol. The molecule has 0 bridgehead atoms. The van der Waals surface area contributed by atoms with Crippen LogP contribution in [0, 0.1) is 11.7 Å². The second kappa shape index (κ2) is 12.1. The Morgan fingerprint density at radius 2 is 1.89 bits per heavy atom. The summed E-state index contributed by atoms with van der Waals surface area (Å²) >= 11 is 0. The molecule has 0 spiro atoms. The second-order valence-corrected chi connectivity index (χ2v) is 10.9. The summed E-state index contributed by atoms with van der Waals surface area (Å²) in [5.74, 6) is 2.34. The first-order chi connectivity index (χ1) is 18.5. The summed E-state index contributed by atoms with van der Waals surface area (Å²) in [5.41, 5.74) is 5.79. The summed E-state index contributed by atoms with van der Waals surface area (Å²) in [6.45, 7) is 4.35. The maximum absolute atomic E-state index is 14.7. The van der Waals surface area contributed by atoms with Crippen molar-refractivity contribution in [1.29, 1.82) is 0 Å². The number of halogens is 1. The number of rotatable bonds is 12. The lowest BCUT2D eigenvalue weighted by Crippen LogP contribution is -2.23. The summed E-state index contributed by atoms with van der Waals surface area (Å²) in [6.07, 6.45) is 6.22. The van der Waals surface area contributed by atoms with Crippen molar-refractivity contribution in [2.45, 2.75) is 57.4 Å². The van der Waals surface area contributed by atoms with E-state index in [2.05, 4.69) is 29.7 Å². The van der Waals surface area contributed by atoms with Crippen LogP contribution in [0.25, 0.3) is 0 Å². The van der Waals surface area contributed by atoms with E-state index in [1.165, 1.54) is 29.5 Å². The molecule has 2 aliphatic carbocycles. The smallest absolute Gasteiger partial charge is 0.165 e. The number of aryl methyl sites for hydroxylation is 1. The third-order valence-corrected chi connectivity index (χ3v) is 7.73. The van der Waals surface area contributed by atoms with Crippen molar-refractivity contribution in [3.05, 3.63) is 82.7 Å². The van der Waals surface area contributed by atoms with E-state index in [0.29, 0.717) is 30.4 Å². The van der Waals surface area contributed by atoms with Gasteiger partial charge in [0.25, 0.3) is 0 Å². The zero-order valence-electron chi connectivity index (χ0n) is 22.4. The first-order valence-corrected chi connectivity index (χ1v) is 13.9. The number of hydrogen-bond acceptors (Lipinski definition) is 5. The van der Waals surface area contributed by atoms with Crippen LogP contribution in [0.2, 0.25) is 0 Å². The summed E-state index contributed by atoms with van der Waals surface area (Å²) in [4.78, 5) is 0. The molecule has 3 aromatic rings. The Morgan fingerprint density at radius 3 is 2.68 bits per heavy atom. The molecule has 3 aromatic carbocycles. The standard InChI is InChI=1S/C32H39FN2O3/c1-21(15-23-5-12-32(30(33)16-23)38-14-13-34-20-22-3-4-22)35-31-19-28(37-2)10-11-29(31)26-7-6-25-18-27(36)9-8-24(25)17-26/h5,8-12,16,18-19,21-22,26,34-36H,3-4,6-7,13-15,17,20H2,1-2H3. The van der Waals surface area contributed by atoms with Crippen LogP contribution in [0.15, 0.2) is 54.6 Å². The number of nitrogens with one attached hydrogen (secondary N) is 2. The van der Waals surface area contributed by atoms with Crippen molar-refractivity contribution in [2.75, 3.05) is 32.1 Å². The van der Waals surface area contributed by atoms with Gasteiger partial charge in [0, 0.05) is 24.3 Å². The first kappa shape index (κ1) is 26.4. The van der Waals surface area contributed by atoms with E-state index in [4.69, 9.17) is 9.47 Å². The number of fused-ring (bicyclic) bond motifs is 1. The lowest BCUT2D eigenvalue weighted by molar-refractivity contribution is 0.298. The molecule has 0 heterocycles. The molecule has 0 aromatic heterocycles. The molecule has 6 heteroatoms. The van der Waals surface area contributed by atoms with Crippen molar-refractivity contribution in [1.82, 2.24) is 5.32 Å². The van der Waals surface area contributed by atoms with Gasteiger partial charge in [-0.15, -0.1) is 0 Å². The average Bonchev–Trinajstić information content (AvgIpc) is 3.74. The lowest BCUT2D eigenvalue weighted by atomic mass is 9.79. The van der Waals surface area contributed by atoms with Crippen LogP contribution >= 0.6 is 0 Å². The molecular weight excluding hydrogens is 479 g/mol. The van der Waals surface area contributed by atoms with E-state index in [-0.39, 0.29) is 11.9 Å². The van der Waals surface area contributed by atoms with Crippen molar-refractivity contribution < 1.29 is 19.0 Å². The molecule has 0 saturated heterocycles. The van der Waals surface area contributed by atoms with Crippen LogP contribution in [0.3, 0.4) is 0 Å². The molecule has 1 saturated carbocycles. The van der Waals surface area contributed by atoms with Gasteiger partial charge in [-0.1, -0.05) is 18.2 Å². The van der Waals surface area contributed by atoms with Gasteiger partial charge in [0.05, 0.1) is 7.11 Å². The van der Waals surface area contributed by atoms with E-state index < -0.39 is 0 Å². The van der Waals surface area contributed by atoms with Crippen molar-refractivity contribution in [2.24, 2.45) is 5.92 Å². The highest BCUT2D eigenvalue weighted by Crippen LogP contribution is 2.39. The number of phenolic OH excluding ortho intramolecular Hbond substituents is 1. The van der Waals surface area contributed by atoms with E-state index >= 15 is 0 Å². The summed E-state index contributed by atoms with van der Waals surface area (Å²) < 4.78 is 25.9. The normalized spacial score (nSPS) is 17.5. The topological polar surface area (TPSA) is 62.8 Å². The van der Waals surface area contributed by atoms with Crippen LogP contribution < -0.4 is 20.1 Å². The zero-order valence-corrected chi connectivity index (χ0v) is 22.4. The first-order valence-electron chi connectivity index (χ1n) is 13.9. The Labute approximate surface area is 225 Å². The Balaban J connectivity index is 1.21. The number of aromatic hydroxyl groups is 1. The van der Waals surface area contributed by atoms with Crippen molar-refractivity contribution in [3.8, 4) is 17.2 Å². The van der Waals surface area contributed by atoms with Crippen LogP contribution in [0.4, 0.5) is 10.1 Å². The molecule has 1 fully saturated rings. The number of phenols is 1. The van der Waals surface area contributed by atoms with Gasteiger partial charge >= 0.3 is 0 Å². The summed E-state index contributed by atoms with van der Waals surface area (Å²) in [7, 11) is 1.68. The minimum absolute atomic E-state index is 0.0893. The molecule has 202 valence electrons. The fourth-order valence-corrected chi connectivity index (χ4v) is 5.47. The molecule has 3 N–H and O–H groups in total.